The van der Waals surface area contributed by atoms with Crippen LogP contribution in [-0.2, 0) is 4.74 Å². The fourth-order valence-corrected chi connectivity index (χ4v) is 2.97. The zero-order valence-corrected chi connectivity index (χ0v) is 13.3. The van der Waals surface area contributed by atoms with E-state index in [2.05, 4.69) is 62.2 Å². The molecule has 2 rings (SSSR count). The molecule has 1 aliphatic rings. The van der Waals surface area contributed by atoms with Crippen molar-refractivity contribution in [2.75, 3.05) is 31.2 Å². The van der Waals surface area contributed by atoms with Crippen LogP contribution in [0, 0.1) is 0 Å². The average molecular weight is 276 g/mol. The van der Waals surface area contributed by atoms with Crippen molar-refractivity contribution in [3.8, 4) is 0 Å². The molecule has 1 atom stereocenters. The number of morpholine rings is 1. The summed E-state index contributed by atoms with van der Waals surface area (Å²) >= 11 is 0. The number of hydrogen-bond acceptors (Lipinski definition) is 3. The molecule has 3 heteroatoms. The number of rotatable bonds is 5. The lowest BCUT2D eigenvalue weighted by molar-refractivity contribution is 0.0644. The second-order valence-electron chi connectivity index (χ2n) is 6.13. The minimum atomic E-state index is 0.0750. The molecule has 1 heterocycles. The van der Waals surface area contributed by atoms with E-state index in [1.807, 2.05) is 0 Å². The number of benzene rings is 1. The molecule has 0 radical (unpaired) electrons. The van der Waals surface area contributed by atoms with E-state index < -0.39 is 0 Å². The fourth-order valence-electron chi connectivity index (χ4n) is 2.97. The highest BCUT2D eigenvalue weighted by Crippen LogP contribution is 2.28. The Morgan fingerprint density at radius 3 is 2.50 bits per heavy atom. The Balaban J connectivity index is 2.15. The minimum Gasteiger partial charge on any atom is -0.377 e. The van der Waals surface area contributed by atoms with Crippen molar-refractivity contribution in [1.29, 1.82) is 0 Å². The van der Waals surface area contributed by atoms with Crippen LogP contribution in [0.5, 0.6) is 0 Å². The molecule has 0 aliphatic carbocycles. The van der Waals surface area contributed by atoms with Crippen molar-refractivity contribution in [2.24, 2.45) is 0 Å². The van der Waals surface area contributed by atoms with Crippen molar-refractivity contribution in [3.05, 3.63) is 29.8 Å². The Morgan fingerprint density at radius 2 is 1.95 bits per heavy atom. The number of nitrogens with zero attached hydrogens (tertiary/aromatic N) is 1. The van der Waals surface area contributed by atoms with E-state index in [0.717, 1.165) is 32.7 Å². The summed E-state index contributed by atoms with van der Waals surface area (Å²) < 4.78 is 5.60. The number of nitrogens with one attached hydrogen (secondary N) is 1. The van der Waals surface area contributed by atoms with Crippen molar-refractivity contribution < 1.29 is 4.74 Å². The van der Waals surface area contributed by atoms with Gasteiger partial charge in [-0.2, -0.15) is 0 Å². The van der Waals surface area contributed by atoms with Crippen LogP contribution >= 0.6 is 0 Å². The van der Waals surface area contributed by atoms with Gasteiger partial charge in [0.2, 0.25) is 0 Å². The van der Waals surface area contributed by atoms with Crippen LogP contribution in [0.3, 0.4) is 0 Å². The van der Waals surface area contributed by atoms with Crippen LogP contribution in [-0.4, -0.2) is 31.8 Å². The van der Waals surface area contributed by atoms with Gasteiger partial charge in [0.05, 0.1) is 18.8 Å². The van der Waals surface area contributed by atoms with Gasteiger partial charge in [-0.3, -0.25) is 0 Å². The second kappa shape index (κ2) is 6.59. The number of ether oxygens (including phenoxy) is 1. The van der Waals surface area contributed by atoms with Gasteiger partial charge in [-0.15, -0.1) is 0 Å². The van der Waals surface area contributed by atoms with Gasteiger partial charge < -0.3 is 15.0 Å². The standard InChI is InChI=1S/C17H28N2O/c1-5-16(18-6-2)14-7-9-15(10-8-14)19-11-12-20-13-17(19,3)4/h7-10,16,18H,5-6,11-13H2,1-4H3. The maximum absolute atomic E-state index is 5.60. The quantitative estimate of drug-likeness (QED) is 0.892. The molecule has 0 spiro atoms. The summed E-state index contributed by atoms with van der Waals surface area (Å²) in [4.78, 5) is 2.45. The van der Waals surface area contributed by atoms with E-state index in [1.165, 1.54) is 11.3 Å². The second-order valence-corrected chi connectivity index (χ2v) is 6.13. The lowest BCUT2D eigenvalue weighted by atomic mass is 9.99. The number of anilines is 1. The largest absolute Gasteiger partial charge is 0.377 e. The predicted molar refractivity (Wildman–Crippen MR) is 85.4 cm³/mol. The molecule has 1 aromatic carbocycles. The first-order valence-electron chi connectivity index (χ1n) is 7.77. The summed E-state index contributed by atoms with van der Waals surface area (Å²) in [6.45, 7) is 12.5. The maximum Gasteiger partial charge on any atom is 0.0694 e. The van der Waals surface area contributed by atoms with Crippen LogP contribution < -0.4 is 10.2 Å². The summed E-state index contributed by atoms with van der Waals surface area (Å²) in [6.07, 6.45) is 1.12. The molecular weight excluding hydrogens is 248 g/mol. The highest BCUT2D eigenvalue weighted by molar-refractivity contribution is 5.50. The smallest absolute Gasteiger partial charge is 0.0694 e. The molecule has 0 bridgehead atoms. The van der Waals surface area contributed by atoms with Crippen LogP contribution in [0.4, 0.5) is 5.69 Å². The molecule has 3 nitrogen and oxygen atoms in total. The van der Waals surface area contributed by atoms with Gasteiger partial charge in [0.25, 0.3) is 0 Å². The third-order valence-electron chi connectivity index (χ3n) is 4.11. The van der Waals surface area contributed by atoms with Gasteiger partial charge in [0, 0.05) is 18.3 Å². The first-order chi connectivity index (χ1) is 9.58. The summed E-state index contributed by atoms with van der Waals surface area (Å²) in [6, 6.07) is 9.49. The Hall–Kier alpha value is -1.06. The lowest BCUT2D eigenvalue weighted by Gasteiger charge is -2.44. The van der Waals surface area contributed by atoms with E-state index in [0.29, 0.717) is 6.04 Å². The molecule has 0 amide bonds. The topological polar surface area (TPSA) is 24.5 Å². The summed E-state index contributed by atoms with van der Waals surface area (Å²) in [5.74, 6) is 0. The van der Waals surface area contributed by atoms with Gasteiger partial charge in [0.15, 0.2) is 0 Å². The highest BCUT2D eigenvalue weighted by atomic mass is 16.5. The maximum atomic E-state index is 5.60. The molecule has 1 fully saturated rings. The van der Waals surface area contributed by atoms with Gasteiger partial charge >= 0.3 is 0 Å². The van der Waals surface area contributed by atoms with Crippen LogP contribution in [0.2, 0.25) is 0 Å². The van der Waals surface area contributed by atoms with Gasteiger partial charge in [-0.25, -0.2) is 0 Å². The molecule has 1 aromatic rings. The third kappa shape index (κ3) is 3.33. The molecule has 0 aromatic heterocycles. The van der Waals surface area contributed by atoms with Gasteiger partial charge in [0.1, 0.15) is 0 Å². The first-order valence-corrected chi connectivity index (χ1v) is 7.77. The van der Waals surface area contributed by atoms with E-state index in [4.69, 9.17) is 4.74 Å². The monoisotopic (exact) mass is 276 g/mol. The van der Waals surface area contributed by atoms with E-state index in [9.17, 15) is 0 Å². The van der Waals surface area contributed by atoms with Crippen LogP contribution in [0.25, 0.3) is 0 Å². The van der Waals surface area contributed by atoms with E-state index >= 15 is 0 Å². The Morgan fingerprint density at radius 1 is 1.25 bits per heavy atom. The summed E-state index contributed by atoms with van der Waals surface area (Å²) in [7, 11) is 0. The third-order valence-corrected chi connectivity index (χ3v) is 4.11. The summed E-state index contributed by atoms with van der Waals surface area (Å²) in [5.41, 5.74) is 2.75. The Labute approximate surface area is 123 Å². The van der Waals surface area contributed by atoms with Crippen molar-refractivity contribution >= 4 is 5.69 Å². The molecule has 112 valence electrons. The van der Waals surface area contributed by atoms with Gasteiger partial charge in [-0.05, 0) is 44.5 Å². The molecule has 1 unspecified atom stereocenters. The molecular formula is C17H28N2O. The fraction of sp³-hybridized carbons (Fsp3) is 0.647. The van der Waals surface area contributed by atoms with E-state index in [1.54, 1.807) is 0 Å². The number of hydrogen-bond donors (Lipinski definition) is 1. The minimum absolute atomic E-state index is 0.0750. The molecule has 1 N–H and O–H groups in total. The van der Waals surface area contributed by atoms with Gasteiger partial charge in [-0.1, -0.05) is 26.0 Å². The Kier molecular flexibility index (Phi) is 5.06. The molecule has 1 saturated heterocycles. The van der Waals surface area contributed by atoms with Crippen molar-refractivity contribution in [3.63, 3.8) is 0 Å². The van der Waals surface area contributed by atoms with E-state index in [-0.39, 0.29) is 5.54 Å². The van der Waals surface area contributed by atoms with Crippen molar-refractivity contribution in [2.45, 2.75) is 45.7 Å². The molecule has 20 heavy (non-hydrogen) atoms. The highest BCUT2D eigenvalue weighted by Gasteiger charge is 2.30. The molecule has 0 saturated carbocycles. The first kappa shape index (κ1) is 15.3. The van der Waals surface area contributed by atoms with Crippen LogP contribution in [0.15, 0.2) is 24.3 Å². The SMILES string of the molecule is CCNC(CC)c1ccc(N2CCOCC2(C)C)cc1. The summed E-state index contributed by atoms with van der Waals surface area (Å²) in [5, 5.41) is 3.53. The van der Waals surface area contributed by atoms with Crippen LogP contribution in [0.1, 0.15) is 45.7 Å². The predicted octanol–water partition coefficient (Wildman–Crippen LogP) is 3.36. The zero-order valence-electron chi connectivity index (χ0n) is 13.3. The average Bonchev–Trinajstić information content (AvgIpc) is 2.45. The molecule has 1 aliphatic heterocycles. The van der Waals surface area contributed by atoms with Crippen molar-refractivity contribution in [1.82, 2.24) is 5.32 Å². The zero-order chi connectivity index (χ0) is 14.6. The Bertz CT molecular complexity index is 414. The lowest BCUT2D eigenvalue weighted by Crippen LogP contribution is -2.53. The normalized spacial score (nSPS) is 19.9.